The van der Waals surface area contributed by atoms with Crippen molar-refractivity contribution in [1.29, 1.82) is 0 Å². The molecule has 0 N–H and O–H groups in total. The minimum absolute atomic E-state index is 0.0327. The third-order valence-corrected chi connectivity index (χ3v) is 3.16. The number of carbonyl (C=O) groups is 2. The highest BCUT2D eigenvalue weighted by atomic mass is 16.5. The van der Waals surface area contributed by atoms with Gasteiger partial charge in [-0.25, -0.2) is 0 Å². The van der Waals surface area contributed by atoms with E-state index < -0.39 is 0 Å². The standard InChI is InChI=1S/C14H17NO3/c1-18-12-7-4-11(5-8-12)6-9-14(17)15-10-2-3-13(15)16/h4-5,7-8H,2-3,6,9-10H2,1H3. The number of ether oxygens (including phenoxy) is 1. The van der Waals surface area contributed by atoms with Crippen LogP contribution in [0, 0.1) is 0 Å². The van der Waals surface area contributed by atoms with Gasteiger partial charge in [0.1, 0.15) is 5.75 Å². The minimum atomic E-state index is -0.0617. The molecule has 1 aliphatic rings. The number of nitrogens with zero attached hydrogens (tertiary/aromatic N) is 1. The van der Waals surface area contributed by atoms with Crippen LogP contribution in [0.4, 0.5) is 0 Å². The average molecular weight is 247 g/mol. The molecule has 0 aromatic heterocycles. The van der Waals surface area contributed by atoms with Crippen LogP contribution in [0.25, 0.3) is 0 Å². The SMILES string of the molecule is COc1ccc(CCC(=O)N2CCCC2=O)cc1. The van der Waals surface area contributed by atoms with Gasteiger partial charge in [0.15, 0.2) is 0 Å². The quantitative estimate of drug-likeness (QED) is 0.814. The van der Waals surface area contributed by atoms with Gasteiger partial charge in [-0.2, -0.15) is 0 Å². The molecule has 4 nitrogen and oxygen atoms in total. The number of benzene rings is 1. The van der Waals surface area contributed by atoms with E-state index in [0.717, 1.165) is 17.7 Å². The summed E-state index contributed by atoms with van der Waals surface area (Å²) in [6.07, 6.45) is 2.35. The first-order chi connectivity index (χ1) is 8.70. The van der Waals surface area contributed by atoms with Crippen LogP contribution in [0.3, 0.4) is 0 Å². The van der Waals surface area contributed by atoms with Gasteiger partial charge in [-0.1, -0.05) is 12.1 Å². The first kappa shape index (κ1) is 12.6. The second kappa shape index (κ2) is 5.67. The number of amides is 2. The smallest absolute Gasteiger partial charge is 0.229 e. The minimum Gasteiger partial charge on any atom is -0.497 e. The number of methoxy groups -OCH3 is 1. The maximum Gasteiger partial charge on any atom is 0.229 e. The molecular formula is C14H17NO3. The van der Waals surface area contributed by atoms with Crippen molar-refractivity contribution in [2.24, 2.45) is 0 Å². The maximum atomic E-state index is 11.8. The number of hydrogen-bond donors (Lipinski definition) is 0. The van der Waals surface area contributed by atoms with Crippen molar-refractivity contribution in [3.05, 3.63) is 29.8 Å². The van der Waals surface area contributed by atoms with E-state index in [9.17, 15) is 9.59 Å². The fraction of sp³-hybridized carbons (Fsp3) is 0.429. The predicted molar refractivity (Wildman–Crippen MR) is 67.3 cm³/mol. The molecule has 1 aromatic rings. The van der Waals surface area contributed by atoms with E-state index in [-0.39, 0.29) is 11.8 Å². The van der Waals surface area contributed by atoms with Gasteiger partial charge in [0, 0.05) is 19.4 Å². The molecule has 2 amide bonds. The summed E-state index contributed by atoms with van der Waals surface area (Å²) in [7, 11) is 1.62. The van der Waals surface area contributed by atoms with Crippen LogP contribution in [-0.4, -0.2) is 30.4 Å². The van der Waals surface area contributed by atoms with Crippen LogP contribution in [0.2, 0.25) is 0 Å². The van der Waals surface area contributed by atoms with Crippen LogP contribution < -0.4 is 4.74 Å². The zero-order valence-electron chi connectivity index (χ0n) is 10.5. The summed E-state index contributed by atoms with van der Waals surface area (Å²) in [5, 5.41) is 0. The topological polar surface area (TPSA) is 46.6 Å². The summed E-state index contributed by atoms with van der Waals surface area (Å²) < 4.78 is 5.07. The van der Waals surface area contributed by atoms with E-state index in [4.69, 9.17) is 4.74 Å². The Labute approximate surface area is 107 Å². The highest BCUT2D eigenvalue weighted by molar-refractivity contribution is 5.96. The van der Waals surface area contributed by atoms with Crippen molar-refractivity contribution in [1.82, 2.24) is 4.90 Å². The lowest BCUT2D eigenvalue weighted by Gasteiger charge is -2.13. The molecule has 0 atom stereocenters. The van der Waals surface area contributed by atoms with Crippen molar-refractivity contribution in [2.45, 2.75) is 25.7 Å². The maximum absolute atomic E-state index is 11.8. The summed E-state index contributed by atoms with van der Waals surface area (Å²) >= 11 is 0. The van der Waals surface area contributed by atoms with E-state index in [0.29, 0.717) is 25.8 Å². The lowest BCUT2D eigenvalue weighted by Crippen LogP contribution is -2.31. The Hall–Kier alpha value is -1.84. The van der Waals surface area contributed by atoms with Gasteiger partial charge in [0.05, 0.1) is 7.11 Å². The fourth-order valence-electron chi connectivity index (χ4n) is 2.09. The molecule has 1 saturated heterocycles. The molecule has 0 spiro atoms. The Bertz CT molecular complexity index is 439. The van der Waals surface area contributed by atoms with Crippen molar-refractivity contribution in [2.75, 3.05) is 13.7 Å². The fourth-order valence-corrected chi connectivity index (χ4v) is 2.09. The molecule has 4 heteroatoms. The van der Waals surface area contributed by atoms with Gasteiger partial charge in [-0.05, 0) is 30.5 Å². The summed E-state index contributed by atoms with van der Waals surface area (Å²) in [6, 6.07) is 7.64. The highest BCUT2D eigenvalue weighted by Crippen LogP contribution is 2.15. The van der Waals surface area contributed by atoms with Gasteiger partial charge in [0.2, 0.25) is 11.8 Å². The first-order valence-electron chi connectivity index (χ1n) is 6.17. The van der Waals surface area contributed by atoms with Crippen molar-refractivity contribution in [3.8, 4) is 5.75 Å². The van der Waals surface area contributed by atoms with E-state index in [2.05, 4.69) is 0 Å². The second-order valence-electron chi connectivity index (χ2n) is 4.39. The van der Waals surface area contributed by atoms with Gasteiger partial charge < -0.3 is 4.74 Å². The normalized spacial score (nSPS) is 14.9. The van der Waals surface area contributed by atoms with Crippen LogP contribution in [-0.2, 0) is 16.0 Å². The number of hydrogen-bond acceptors (Lipinski definition) is 3. The number of imide groups is 1. The third kappa shape index (κ3) is 2.88. The second-order valence-corrected chi connectivity index (χ2v) is 4.39. The van der Waals surface area contributed by atoms with Crippen LogP contribution in [0.1, 0.15) is 24.8 Å². The zero-order chi connectivity index (χ0) is 13.0. The summed E-state index contributed by atoms with van der Waals surface area (Å²) in [4.78, 5) is 24.6. The molecule has 2 rings (SSSR count). The van der Waals surface area contributed by atoms with E-state index in [1.165, 1.54) is 4.90 Å². The zero-order valence-corrected chi connectivity index (χ0v) is 10.5. The first-order valence-corrected chi connectivity index (χ1v) is 6.17. The molecule has 1 fully saturated rings. The summed E-state index contributed by atoms with van der Waals surface area (Å²) in [5.41, 5.74) is 1.08. The highest BCUT2D eigenvalue weighted by Gasteiger charge is 2.25. The summed E-state index contributed by atoms with van der Waals surface area (Å²) in [5.74, 6) is 0.711. The molecule has 0 unspecified atom stereocenters. The molecule has 1 heterocycles. The average Bonchev–Trinajstić information content (AvgIpc) is 2.83. The van der Waals surface area contributed by atoms with Gasteiger partial charge >= 0.3 is 0 Å². The summed E-state index contributed by atoms with van der Waals surface area (Å²) in [6.45, 7) is 0.584. The van der Waals surface area contributed by atoms with Crippen molar-refractivity contribution in [3.63, 3.8) is 0 Å². The predicted octanol–water partition coefficient (Wildman–Crippen LogP) is 1.78. The Balaban J connectivity index is 1.86. The molecule has 1 aromatic carbocycles. The molecule has 96 valence electrons. The van der Waals surface area contributed by atoms with Gasteiger partial charge in [0.25, 0.3) is 0 Å². The number of aryl methyl sites for hydroxylation is 1. The molecule has 0 saturated carbocycles. The van der Waals surface area contributed by atoms with Crippen LogP contribution in [0.15, 0.2) is 24.3 Å². The molecule has 1 aliphatic heterocycles. The van der Waals surface area contributed by atoms with E-state index >= 15 is 0 Å². The molecular weight excluding hydrogens is 230 g/mol. The lowest BCUT2D eigenvalue weighted by atomic mass is 10.1. The van der Waals surface area contributed by atoms with E-state index in [1.54, 1.807) is 7.11 Å². The van der Waals surface area contributed by atoms with Crippen LogP contribution in [0.5, 0.6) is 5.75 Å². The largest absolute Gasteiger partial charge is 0.497 e. The monoisotopic (exact) mass is 247 g/mol. The van der Waals surface area contributed by atoms with Crippen molar-refractivity contribution >= 4 is 11.8 Å². The lowest BCUT2D eigenvalue weighted by molar-refractivity contribution is -0.141. The molecule has 0 radical (unpaired) electrons. The van der Waals surface area contributed by atoms with Crippen molar-refractivity contribution < 1.29 is 14.3 Å². The Morgan fingerprint density at radius 3 is 2.61 bits per heavy atom. The van der Waals surface area contributed by atoms with Gasteiger partial charge in [-0.3, -0.25) is 14.5 Å². The molecule has 0 aliphatic carbocycles. The Morgan fingerprint density at radius 1 is 1.33 bits per heavy atom. The molecule has 0 bridgehead atoms. The van der Waals surface area contributed by atoms with Crippen LogP contribution >= 0.6 is 0 Å². The molecule has 18 heavy (non-hydrogen) atoms. The number of likely N-dealkylation sites (tertiary alicyclic amines) is 1. The third-order valence-electron chi connectivity index (χ3n) is 3.16. The van der Waals surface area contributed by atoms with E-state index in [1.807, 2.05) is 24.3 Å². The van der Waals surface area contributed by atoms with Gasteiger partial charge in [-0.15, -0.1) is 0 Å². The Morgan fingerprint density at radius 2 is 2.06 bits per heavy atom. The number of carbonyl (C=O) groups excluding carboxylic acids is 2. The Kier molecular flexibility index (Phi) is 3.97. The number of rotatable bonds is 4.